The van der Waals surface area contributed by atoms with Gasteiger partial charge in [-0.05, 0) is 42.1 Å². The predicted octanol–water partition coefficient (Wildman–Crippen LogP) is 4.33. The minimum atomic E-state index is -4.57. The van der Waals surface area contributed by atoms with E-state index in [0.717, 1.165) is 17.9 Å². The molecule has 0 atom stereocenters. The van der Waals surface area contributed by atoms with E-state index in [2.05, 4.69) is 5.10 Å². The van der Waals surface area contributed by atoms with Crippen LogP contribution in [0.5, 0.6) is 0 Å². The largest absolute Gasteiger partial charge is 0.435 e. The number of alkyl halides is 3. The third-order valence-corrected chi connectivity index (χ3v) is 5.65. The third-order valence-electron chi connectivity index (χ3n) is 3.50. The van der Waals surface area contributed by atoms with Gasteiger partial charge in [-0.25, -0.2) is 13.1 Å². The first-order valence-corrected chi connectivity index (χ1v) is 9.86. The highest BCUT2D eigenvalue weighted by Crippen LogP contribution is 2.34. The first-order valence-electron chi connectivity index (χ1n) is 7.09. The van der Waals surface area contributed by atoms with Gasteiger partial charge in [0.15, 0.2) is 15.5 Å². The van der Waals surface area contributed by atoms with Crippen LogP contribution in [-0.2, 0) is 16.0 Å². The quantitative estimate of drug-likeness (QED) is 0.673. The van der Waals surface area contributed by atoms with Crippen molar-refractivity contribution in [2.45, 2.75) is 18.0 Å². The zero-order valence-corrected chi connectivity index (χ0v) is 14.8. The van der Waals surface area contributed by atoms with E-state index in [0.29, 0.717) is 10.6 Å². The maximum Gasteiger partial charge on any atom is 0.435 e. The Kier molecular flexibility index (Phi) is 4.24. The molecule has 2 aromatic heterocycles. The Morgan fingerprint density at radius 2 is 1.76 bits per heavy atom. The van der Waals surface area contributed by atoms with Gasteiger partial charge < -0.3 is 0 Å². The molecule has 9 heteroatoms. The Hall–Kier alpha value is -2.13. The van der Waals surface area contributed by atoms with Crippen molar-refractivity contribution in [2.75, 3.05) is 6.26 Å². The lowest BCUT2D eigenvalue weighted by Crippen LogP contribution is -2.06. The average molecular weight is 386 g/mol. The molecule has 25 heavy (non-hydrogen) atoms. The zero-order valence-electron chi connectivity index (χ0n) is 13.2. The maximum absolute atomic E-state index is 13.1. The number of benzene rings is 1. The summed E-state index contributed by atoms with van der Waals surface area (Å²) in [6, 6.07) is 8.40. The monoisotopic (exact) mass is 386 g/mol. The standard InChI is InChI=1S/C16H13F3N2O2S2/c1-10-7-15(24-9-10)21-13(8-14(20-21)16(17,18)19)11-3-5-12(6-4-11)25(2,22)23/h3-9H,1-2H3. The number of thiophene rings is 1. The van der Waals surface area contributed by atoms with Gasteiger partial charge in [-0.15, -0.1) is 11.3 Å². The van der Waals surface area contributed by atoms with Gasteiger partial charge in [0.1, 0.15) is 5.00 Å². The fraction of sp³-hybridized carbons (Fsp3) is 0.188. The number of hydrogen-bond donors (Lipinski definition) is 0. The third kappa shape index (κ3) is 3.62. The van der Waals surface area contributed by atoms with Gasteiger partial charge in [0, 0.05) is 11.8 Å². The molecule has 0 aliphatic heterocycles. The van der Waals surface area contributed by atoms with E-state index in [-0.39, 0.29) is 10.6 Å². The van der Waals surface area contributed by atoms with Crippen LogP contribution in [0, 0.1) is 6.92 Å². The van der Waals surface area contributed by atoms with E-state index in [1.807, 2.05) is 12.3 Å². The lowest BCUT2D eigenvalue weighted by molar-refractivity contribution is -0.141. The van der Waals surface area contributed by atoms with Gasteiger partial charge in [-0.2, -0.15) is 18.3 Å². The molecule has 3 rings (SSSR count). The second-order valence-electron chi connectivity index (χ2n) is 5.58. The molecule has 3 aromatic rings. The summed E-state index contributed by atoms with van der Waals surface area (Å²) in [7, 11) is -3.38. The van der Waals surface area contributed by atoms with E-state index >= 15 is 0 Å². The Morgan fingerprint density at radius 3 is 2.24 bits per heavy atom. The normalized spacial score (nSPS) is 12.5. The minimum Gasteiger partial charge on any atom is -0.224 e. The molecule has 0 fully saturated rings. The molecule has 0 saturated carbocycles. The number of sulfone groups is 1. The molecule has 0 saturated heterocycles. The van der Waals surface area contributed by atoms with E-state index in [4.69, 9.17) is 0 Å². The molecule has 0 unspecified atom stereocenters. The van der Waals surface area contributed by atoms with Crippen LogP contribution in [-0.4, -0.2) is 24.5 Å². The summed E-state index contributed by atoms with van der Waals surface area (Å²) in [6.45, 7) is 1.84. The molecule has 1 aromatic carbocycles. The average Bonchev–Trinajstić information content (AvgIpc) is 3.12. The Bertz CT molecular complexity index is 1020. The lowest BCUT2D eigenvalue weighted by Gasteiger charge is -2.06. The Morgan fingerprint density at radius 1 is 1.12 bits per heavy atom. The molecule has 0 spiro atoms. The number of halogens is 3. The van der Waals surface area contributed by atoms with Gasteiger partial charge in [-0.1, -0.05) is 12.1 Å². The number of aromatic nitrogens is 2. The maximum atomic E-state index is 13.1. The number of aryl methyl sites for hydroxylation is 1. The van der Waals surface area contributed by atoms with Crippen LogP contribution in [0.4, 0.5) is 13.2 Å². The van der Waals surface area contributed by atoms with Crippen molar-refractivity contribution in [3.63, 3.8) is 0 Å². The summed E-state index contributed by atoms with van der Waals surface area (Å²) >= 11 is 1.28. The number of hydrogen-bond acceptors (Lipinski definition) is 4. The molecule has 0 amide bonds. The molecule has 0 N–H and O–H groups in total. The van der Waals surface area contributed by atoms with Gasteiger partial charge in [-0.3, -0.25) is 0 Å². The van der Waals surface area contributed by atoms with E-state index in [9.17, 15) is 21.6 Å². The molecule has 0 bridgehead atoms. The van der Waals surface area contributed by atoms with E-state index in [1.54, 1.807) is 6.07 Å². The zero-order chi connectivity index (χ0) is 18.4. The first-order chi connectivity index (χ1) is 11.6. The SMILES string of the molecule is Cc1csc(-n2nc(C(F)(F)F)cc2-c2ccc(S(C)(=O)=O)cc2)c1. The van der Waals surface area contributed by atoms with Gasteiger partial charge >= 0.3 is 6.18 Å². The van der Waals surface area contributed by atoms with E-state index < -0.39 is 21.7 Å². The van der Waals surface area contributed by atoms with Crippen LogP contribution in [0.15, 0.2) is 46.7 Å². The van der Waals surface area contributed by atoms with Crippen LogP contribution in [0.2, 0.25) is 0 Å². The van der Waals surface area contributed by atoms with Crippen LogP contribution in [0.3, 0.4) is 0 Å². The summed E-state index contributed by atoms with van der Waals surface area (Å²) in [5.41, 5.74) is 0.610. The second kappa shape index (κ2) is 5.99. The summed E-state index contributed by atoms with van der Waals surface area (Å²) < 4.78 is 63.6. The molecular formula is C16H13F3N2O2S2. The van der Waals surface area contributed by atoms with E-state index in [1.165, 1.54) is 40.3 Å². The lowest BCUT2D eigenvalue weighted by atomic mass is 10.1. The summed E-state index contributed by atoms with van der Waals surface area (Å²) in [6.07, 6.45) is -3.50. The Balaban J connectivity index is 2.16. The van der Waals surface area contributed by atoms with Gasteiger partial charge in [0.2, 0.25) is 0 Å². The van der Waals surface area contributed by atoms with Crippen LogP contribution in [0.1, 0.15) is 11.3 Å². The molecule has 0 radical (unpaired) electrons. The molecule has 2 heterocycles. The van der Waals surface area contributed by atoms with Crippen LogP contribution >= 0.6 is 11.3 Å². The fourth-order valence-corrected chi connectivity index (χ4v) is 3.79. The van der Waals surface area contributed by atoms with Crippen molar-refractivity contribution in [3.05, 3.63) is 53.0 Å². The highest BCUT2D eigenvalue weighted by atomic mass is 32.2. The van der Waals surface area contributed by atoms with Crippen molar-refractivity contribution in [1.29, 1.82) is 0 Å². The van der Waals surface area contributed by atoms with Crippen molar-refractivity contribution in [2.24, 2.45) is 0 Å². The van der Waals surface area contributed by atoms with Crippen molar-refractivity contribution >= 4 is 21.2 Å². The number of nitrogens with zero attached hydrogens (tertiary/aromatic N) is 2. The number of rotatable bonds is 3. The van der Waals surface area contributed by atoms with Crippen molar-refractivity contribution in [3.8, 4) is 16.3 Å². The molecule has 4 nitrogen and oxygen atoms in total. The smallest absolute Gasteiger partial charge is 0.224 e. The second-order valence-corrected chi connectivity index (χ2v) is 8.49. The van der Waals surface area contributed by atoms with Gasteiger partial charge in [0.25, 0.3) is 0 Å². The highest BCUT2D eigenvalue weighted by molar-refractivity contribution is 7.90. The Labute approximate surface area is 146 Å². The highest BCUT2D eigenvalue weighted by Gasteiger charge is 2.35. The molecule has 132 valence electrons. The fourth-order valence-electron chi connectivity index (χ4n) is 2.29. The summed E-state index contributed by atoms with van der Waals surface area (Å²) in [5.74, 6) is 0. The molecule has 0 aliphatic carbocycles. The predicted molar refractivity (Wildman–Crippen MR) is 89.7 cm³/mol. The summed E-state index contributed by atoms with van der Waals surface area (Å²) in [4.78, 5) is 0.102. The van der Waals surface area contributed by atoms with Gasteiger partial charge in [0.05, 0.1) is 10.6 Å². The molecule has 0 aliphatic rings. The van der Waals surface area contributed by atoms with Crippen LogP contribution < -0.4 is 0 Å². The molecular weight excluding hydrogens is 373 g/mol. The van der Waals surface area contributed by atoms with Crippen molar-refractivity contribution < 1.29 is 21.6 Å². The summed E-state index contributed by atoms with van der Waals surface area (Å²) in [5, 5.41) is 6.07. The first kappa shape index (κ1) is 17.7. The minimum absolute atomic E-state index is 0.102. The van der Waals surface area contributed by atoms with Crippen LogP contribution in [0.25, 0.3) is 16.3 Å². The topological polar surface area (TPSA) is 52.0 Å². The van der Waals surface area contributed by atoms with Crippen molar-refractivity contribution in [1.82, 2.24) is 9.78 Å².